The molecule has 0 atom stereocenters. The number of hydrogen-bond donors (Lipinski definition) is 0. The van der Waals surface area contributed by atoms with Crippen molar-refractivity contribution in [1.29, 1.82) is 0 Å². The lowest BCUT2D eigenvalue weighted by atomic mass is 10.0. The summed E-state index contributed by atoms with van der Waals surface area (Å²) in [6.45, 7) is 2.12. The van der Waals surface area contributed by atoms with Crippen LogP contribution in [0.4, 0.5) is 0 Å². The molecule has 0 saturated carbocycles. The molecule has 0 spiro atoms. The van der Waals surface area contributed by atoms with Gasteiger partial charge in [-0.05, 0) is 36.2 Å². The number of aryl methyl sites for hydroxylation is 1. The predicted molar refractivity (Wildman–Crippen MR) is 58.5 cm³/mol. The van der Waals surface area contributed by atoms with Gasteiger partial charge in [-0.1, -0.05) is 24.6 Å². The maximum absolute atomic E-state index is 5.95. The highest BCUT2D eigenvalue weighted by Gasteiger charge is 2.06. The molecule has 0 amide bonds. The number of rotatable bonds is 2. The monoisotopic (exact) mass is 206 g/mol. The molecule has 0 aliphatic rings. The summed E-state index contributed by atoms with van der Waals surface area (Å²) in [5.74, 6) is 0.879. The van der Waals surface area contributed by atoms with Gasteiger partial charge in [0.2, 0.25) is 0 Å². The third-order valence-corrected chi connectivity index (χ3v) is 2.47. The Morgan fingerprint density at radius 1 is 1.29 bits per heavy atom. The average Bonchev–Trinajstić information content (AvgIpc) is 2.70. The fourth-order valence-electron chi connectivity index (χ4n) is 1.52. The summed E-state index contributed by atoms with van der Waals surface area (Å²) in [5, 5.41) is 0.744. The standard InChI is InChI=1S/C12H11ClO/c1-2-9-5-6-10(13)8-11(9)12-4-3-7-14-12/h3-8H,2H2,1H3. The van der Waals surface area contributed by atoms with Crippen LogP contribution in [0.2, 0.25) is 5.02 Å². The van der Waals surface area contributed by atoms with Crippen molar-refractivity contribution >= 4 is 11.6 Å². The highest BCUT2D eigenvalue weighted by atomic mass is 35.5. The third kappa shape index (κ3) is 1.68. The minimum atomic E-state index is 0.744. The van der Waals surface area contributed by atoms with Gasteiger partial charge in [0.25, 0.3) is 0 Å². The Morgan fingerprint density at radius 2 is 2.14 bits per heavy atom. The third-order valence-electron chi connectivity index (χ3n) is 2.24. The van der Waals surface area contributed by atoms with Crippen molar-refractivity contribution < 1.29 is 4.42 Å². The lowest BCUT2D eigenvalue weighted by molar-refractivity contribution is 0.581. The van der Waals surface area contributed by atoms with Crippen LogP contribution in [0, 0.1) is 0 Å². The van der Waals surface area contributed by atoms with Crippen LogP contribution in [0.15, 0.2) is 41.0 Å². The Balaban J connectivity index is 2.55. The second-order valence-corrected chi connectivity index (χ2v) is 3.57. The molecule has 1 heterocycles. The van der Waals surface area contributed by atoms with Crippen LogP contribution < -0.4 is 0 Å². The number of hydrogen-bond acceptors (Lipinski definition) is 1. The second kappa shape index (κ2) is 3.89. The molecule has 72 valence electrons. The SMILES string of the molecule is CCc1ccc(Cl)cc1-c1ccco1. The fourth-order valence-corrected chi connectivity index (χ4v) is 1.69. The average molecular weight is 207 g/mol. The van der Waals surface area contributed by atoms with E-state index in [1.165, 1.54) is 5.56 Å². The Bertz CT molecular complexity index is 418. The quantitative estimate of drug-likeness (QED) is 0.719. The highest BCUT2D eigenvalue weighted by molar-refractivity contribution is 6.30. The molecule has 1 aromatic carbocycles. The van der Waals surface area contributed by atoms with E-state index in [0.717, 1.165) is 22.8 Å². The minimum Gasteiger partial charge on any atom is -0.464 e. The van der Waals surface area contributed by atoms with Gasteiger partial charge in [0, 0.05) is 10.6 Å². The van der Waals surface area contributed by atoms with Gasteiger partial charge >= 0.3 is 0 Å². The van der Waals surface area contributed by atoms with Crippen LogP contribution in [-0.4, -0.2) is 0 Å². The Morgan fingerprint density at radius 3 is 2.79 bits per heavy atom. The second-order valence-electron chi connectivity index (χ2n) is 3.13. The smallest absolute Gasteiger partial charge is 0.134 e. The normalized spacial score (nSPS) is 10.4. The van der Waals surface area contributed by atoms with Gasteiger partial charge in [0.05, 0.1) is 6.26 Å². The van der Waals surface area contributed by atoms with E-state index in [-0.39, 0.29) is 0 Å². The summed E-state index contributed by atoms with van der Waals surface area (Å²) in [5.41, 5.74) is 2.34. The molecule has 2 heteroatoms. The molecule has 2 rings (SSSR count). The first-order chi connectivity index (χ1) is 6.81. The van der Waals surface area contributed by atoms with Gasteiger partial charge < -0.3 is 4.42 Å². The predicted octanol–water partition coefficient (Wildman–Crippen LogP) is 4.16. The molecule has 1 aromatic heterocycles. The van der Waals surface area contributed by atoms with Crippen LogP contribution in [0.3, 0.4) is 0 Å². The van der Waals surface area contributed by atoms with E-state index >= 15 is 0 Å². The summed E-state index contributed by atoms with van der Waals surface area (Å²) >= 11 is 5.95. The van der Waals surface area contributed by atoms with Crippen LogP contribution in [0.25, 0.3) is 11.3 Å². The van der Waals surface area contributed by atoms with Crippen LogP contribution in [-0.2, 0) is 6.42 Å². The molecule has 2 aromatic rings. The molecule has 0 radical (unpaired) electrons. The molecular formula is C12H11ClO. The molecule has 0 saturated heterocycles. The molecule has 1 nitrogen and oxygen atoms in total. The maximum atomic E-state index is 5.95. The van der Waals surface area contributed by atoms with Crippen molar-refractivity contribution in [2.75, 3.05) is 0 Å². The van der Waals surface area contributed by atoms with Crippen molar-refractivity contribution in [3.8, 4) is 11.3 Å². The largest absolute Gasteiger partial charge is 0.464 e. The highest BCUT2D eigenvalue weighted by Crippen LogP contribution is 2.27. The first kappa shape index (κ1) is 9.35. The van der Waals surface area contributed by atoms with Crippen molar-refractivity contribution in [3.63, 3.8) is 0 Å². The first-order valence-electron chi connectivity index (χ1n) is 4.63. The molecule has 0 unspecified atom stereocenters. The van der Waals surface area contributed by atoms with Crippen LogP contribution in [0.5, 0.6) is 0 Å². The summed E-state index contributed by atoms with van der Waals surface area (Å²) in [7, 11) is 0. The molecule has 0 bridgehead atoms. The van der Waals surface area contributed by atoms with E-state index in [1.807, 2.05) is 30.3 Å². The Hall–Kier alpha value is -1.21. The summed E-state index contributed by atoms with van der Waals surface area (Å²) in [4.78, 5) is 0. The zero-order chi connectivity index (χ0) is 9.97. The molecule has 0 aliphatic heterocycles. The van der Waals surface area contributed by atoms with Crippen LogP contribution >= 0.6 is 11.6 Å². The zero-order valence-corrected chi connectivity index (χ0v) is 8.71. The van der Waals surface area contributed by atoms with Gasteiger partial charge in [-0.3, -0.25) is 0 Å². The molecule has 0 fully saturated rings. The van der Waals surface area contributed by atoms with Gasteiger partial charge in [-0.15, -0.1) is 0 Å². The van der Waals surface area contributed by atoms with E-state index in [2.05, 4.69) is 6.92 Å². The number of benzene rings is 1. The van der Waals surface area contributed by atoms with Gasteiger partial charge in [-0.2, -0.15) is 0 Å². The molecule has 0 aliphatic carbocycles. The topological polar surface area (TPSA) is 13.1 Å². The molecule has 14 heavy (non-hydrogen) atoms. The van der Waals surface area contributed by atoms with Gasteiger partial charge in [-0.25, -0.2) is 0 Å². The van der Waals surface area contributed by atoms with E-state index < -0.39 is 0 Å². The Kier molecular flexibility index (Phi) is 2.60. The number of halogens is 1. The maximum Gasteiger partial charge on any atom is 0.134 e. The van der Waals surface area contributed by atoms with Gasteiger partial charge in [0.15, 0.2) is 0 Å². The van der Waals surface area contributed by atoms with E-state index in [4.69, 9.17) is 16.0 Å². The first-order valence-corrected chi connectivity index (χ1v) is 5.01. The molecular weight excluding hydrogens is 196 g/mol. The number of furan rings is 1. The Labute approximate surface area is 88.3 Å². The lowest BCUT2D eigenvalue weighted by Gasteiger charge is -2.05. The lowest BCUT2D eigenvalue weighted by Crippen LogP contribution is -1.85. The summed E-state index contributed by atoms with van der Waals surface area (Å²) in [6, 6.07) is 9.73. The fraction of sp³-hybridized carbons (Fsp3) is 0.167. The van der Waals surface area contributed by atoms with Crippen molar-refractivity contribution in [1.82, 2.24) is 0 Å². The van der Waals surface area contributed by atoms with E-state index in [0.29, 0.717) is 0 Å². The summed E-state index contributed by atoms with van der Waals surface area (Å²) < 4.78 is 5.36. The van der Waals surface area contributed by atoms with E-state index in [1.54, 1.807) is 6.26 Å². The zero-order valence-electron chi connectivity index (χ0n) is 7.96. The van der Waals surface area contributed by atoms with Crippen LogP contribution in [0.1, 0.15) is 12.5 Å². The van der Waals surface area contributed by atoms with Crippen molar-refractivity contribution in [2.24, 2.45) is 0 Å². The van der Waals surface area contributed by atoms with Gasteiger partial charge in [0.1, 0.15) is 5.76 Å². The minimum absolute atomic E-state index is 0.744. The molecule has 0 N–H and O–H groups in total. The van der Waals surface area contributed by atoms with Crippen molar-refractivity contribution in [2.45, 2.75) is 13.3 Å². The van der Waals surface area contributed by atoms with Crippen molar-refractivity contribution in [3.05, 3.63) is 47.2 Å². The summed E-state index contributed by atoms with van der Waals surface area (Å²) in [6.07, 6.45) is 2.66. The van der Waals surface area contributed by atoms with E-state index in [9.17, 15) is 0 Å².